The molecule has 1 aromatic carbocycles. The van der Waals surface area contributed by atoms with Crippen LogP contribution in [0.2, 0.25) is 0 Å². The van der Waals surface area contributed by atoms with E-state index in [1.165, 1.54) is 0 Å². The molecule has 96 valence electrons. The van der Waals surface area contributed by atoms with Crippen LogP contribution in [-0.2, 0) is 7.05 Å². The van der Waals surface area contributed by atoms with Gasteiger partial charge in [-0.2, -0.15) is 0 Å². The number of rotatable bonds is 4. The standard InChI is InChI=1S/C13H17N3O2/c1-16-7-6-15-13(16)12(14)10-8-9(17-2)4-5-11(10)18-3/h4-8,12H,14H2,1-3H3. The Morgan fingerprint density at radius 1 is 1.28 bits per heavy atom. The maximum Gasteiger partial charge on any atom is 0.130 e. The van der Waals surface area contributed by atoms with Gasteiger partial charge in [0.1, 0.15) is 17.3 Å². The third-order valence-corrected chi connectivity index (χ3v) is 2.91. The normalized spacial score (nSPS) is 12.2. The lowest BCUT2D eigenvalue weighted by atomic mass is 10.1. The Labute approximate surface area is 106 Å². The molecule has 1 unspecified atom stereocenters. The second-order valence-corrected chi connectivity index (χ2v) is 3.98. The highest BCUT2D eigenvalue weighted by molar-refractivity contribution is 5.44. The van der Waals surface area contributed by atoms with Gasteiger partial charge in [-0.3, -0.25) is 0 Å². The first kappa shape index (κ1) is 12.4. The van der Waals surface area contributed by atoms with Crippen LogP contribution in [0.25, 0.3) is 0 Å². The zero-order valence-corrected chi connectivity index (χ0v) is 10.8. The fourth-order valence-corrected chi connectivity index (χ4v) is 1.90. The number of ether oxygens (including phenoxy) is 2. The molecule has 1 heterocycles. The van der Waals surface area contributed by atoms with E-state index in [1.54, 1.807) is 20.4 Å². The Bertz CT molecular complexity index is 537. The van der Waals surface area contributed by atoms with Crippen LogP contribution in [-0.4, -0.2) is 23.8 Å². The molecule has 1 aromatic heterocycles. The van der Waals surface area contributed by atoms with E-state index in [1.807, 2.05) is 36.0 Å². The fraction of sp³-hybridized carbons (Fsp3) is 0.308. The molecule has 0 aliphatic heterocycles. The van der Waals surface area contributed by atoms with Crippen molar-refractivity contribution < 1.29 is 9.47 Å². The molecule has 0 fully saturated rings. The fourth-order valence-electron chi connectivity index (χ4n) is 1.90. The summed E-state index contributed by atoms with van der Waals surface area (Å²) in [6.07, 6.45) is 3.59. The van der Waals surface area contributed by atoms with Crippen LogP contribution in [0.3, 0.4) is 0 Å². The first-order valence-corrected chi connectivity index (χ1v) is 5.62. The molecular weight excluding hydrogens is 230 g/mol. The first-order valence-electron chi connectivity index (χ1n) is 5.62. The molecule has 0 aliphatic rings. The molecule has 2 aromatic rings. The number of methoxy groups -OCH3 is 2. The molecule has 18 heavy (non-hydrogen) atoms. The monoisotopic (exact) mass is 247 g/mol. The van der Waals surface area contributed by atoms with Crippen LogP contribution < -0.4 is 15.2 Å². The molecule has 1 atom stereocenters. The molecule has 0 amide bonds. The number of hydrogen-bond acceptors (Lipinski definition) is 4. The third kappa shape index (κ3) is 2.17. The number of imidazole rings is 1. The molecule has 5 nitrogen and oxygen atoms in total. The molecule has 2 rings (SSSR count). The highest BCUT2D eigenvalue weighted by atomic mass is 16.5. The summed E-state index contributed by atoms with van der Waals surface area (Å²) in [6.45, 7) is 0. The summed E-state index contributed by atoms with van der Waals surface area (Å²) in [4.78, 5) is 4.26. The van der Waals surface area contributed by atoms with Crippen LogP contribution in [0.1, 0.15) is 17.4 Å². The summed E-state index contributed by atoms with van der Waals surface area (Å²) in [5, 5.41) is 0. The van der Waals surface area contributed by atoms with Crippen LogP contribution in [0.5, 0.6) is 11.5 Å². The SMILES string of the molecule is COc1ccc(OC)c(C(N)c2nccn2C)c1. The van der Waals surface area contributed by atoms with Gasteiger partial charge in [-0.25, -0.2) is 4.98 Å². The predicted octanol–water partition coefficient (Wildman–Crippen LogP) is 1.49. The zero-order valence-electron chi connectivity index (χ0n) is 10.8. The molecular formula is C13H17N3O2. The van der Waals surface area contributed by atoms with Crippen molar-refractivity contribution in [3.63, 3.8) is 0 Å². The second-order valence-electron chi connectivity index (χ2n) is 3.98. The Balaban J connectivity index is 2.45. The van der Waals surface area contributed by atoms with Gasteiger partial charge in [0.2, 0.25) is 0 Å². The number of nitrogens with zero attached hydrogens (tertiary/aromatic N) is 2. The Morgan fingerprint density at radius 3 is 2.61 bits per heavy atom. The zero-order chi connectivity index (χ0) is 13.1. The van der Waals surface area contributed by atoms with Crippen molar-refractivity contribution in [2.45, 2.75) is 6.04 Å². The average Bonchev–Trinajstić information content (AvgIpc) is 2.83. The predicted molar refractivity (Wildman–Crippen MR) is 68.8 cm³/mol. The van der Waals surface area contributed by atoms with Gasteiger partial charge in [0.25, 0.3) is 0 Å². The van der Waals surface area contributed by atoms with Gasteiger partial charge in [0, 0.05) is 25.0 Å². The molecule has 0 spiro atoms. The lowest BCUT2D eigenvalue weighted by Gasteiger charge is -2.16. The van der Waals surface area contributed by atoms with Gasteiger partial charge < -0.3 is 19.8 Å². The molecule has 0 saturated carbocycles. The van der Waals surface area contributed by atoms with Gasteiger partial charge in [0.15, 0.2) is 0 Å². The first-order chi connectivity index (χ1) is 8.67. The van der Waals surface area contributed by atoms with Crippen molar-refractivity contribution >= 4 is 0 Å². The Kier molecular flexibility index (Phi) is 3.53. The van der Waals surface area contributed by atoms with Crippen molar-refractivity contribution in [2.75, 3.05) is 14.2 Å². The minimum absolute atomic E-state index is 0.352. The molecule has 0 aliphatic carbocycles. The van der Waals surface area contributed by atoms with Crippen molar-refractivity contribution in [3.8, 4) is 11.5 Å². The lowest BCUT2D eigenvalue weighted by Crippen LogP contribution is -2.17. The van der Waals surface area contributed by atoms with E-state index in [-0.39, 0.29) is 6.04 Å². The molecule has 0 bridgehead atoms. The van der Waals surface area contributed by atoms with E-state index < -0.39 is 0 Å². The summed E-state index contributed by atoms with van der Waals surface area (Å²) in [7, 11) is 5.16. The summed E-state index contributed by atoms with van der Waals surface area (Å²) >= 11 is 0. The molecule has 0 saturated heterocycles. The topological polar surface area (TPSA) is 62.3 Å². The Hall–Kier alpha value is -2.01. The highest BCUT2D eigenvalue weighted by Gasteiger charge is 2.18. The average molecular weight is 247 g/mol. The summed E-state index contributed by atoms with van der Waals surface area (Å²) in [6, 6.07) is 5.21. The van der Waals surface area contributed by atoms with E-state index in [0.29, 0.717) is 0 Å². The third-order valence-electron chi connectivity index (χ3n) is 2.91. The van der Waals surface area contributed by atoms with Crippen LogP contribution in [0, 0.1) is 0 Å². The molecule has 2 N–H and O–H groups in total. The number of aromatic nitrogens is 2. The van der Waals surface area contributed by atoms with E-state index in [4.69, 9.17) is 15.2 Å². The van der Waals surface area contributed by atoms with Crippen LogP contribution in [0.15, 0.2) is 30.6 Å². The van der Waals surface area contributed by atoms with E-state index in [9.17, 15) is 0 Å². The largest absolute Gasteiger partial charge is 0.497 e. The maximum absolute atomic E-state index is 6.24. The van der Waals surface area contributed by atoms with Gasteiger partial charge in [-0.1, -0.05) is 0 Å². The van der Waals surface area contributed by atoms with Gasteiger partial charge in [0.05, 0.1) is 20.3 Å². The van der Waals surface area contributed by atoms with E-state index >= 15 is 0 Å². The minimum atomic E-state index is -0.352. The van der Waals surface area contributed by atoms with Crippen LogP contribution >= 0.6 is 0 Å². The second kappa shape index (κ2) is 5.10. The number of benzene rings is 1. The number of nitrogens with two attached hydrogens (primary N) is 1. The summed E-state index contributed by atoms with van der Waals surface area (Å²) in [5.41, 5.74) is 7.10. The maximum atomic E-state index is 6.24. The Morgan fingerprint density at radius 2 is 2.06 bits per heavy atom. The van der Waals surface area contributed by atoms with Crippen LogP contribution in [0.4, 0.5) is 0 Å². The summed E-state index contributed by atoms with van der Waals surface area (Å²) in [5.74, 6) is 2.25. The lowest BCUT2D eigenvalue weighted by molar-refractivity contribution is 0.396. The highest BCUT2D eigenvalue weighted by Crippen LogP contribution is 2.30. The smallest absolute Gasteiger partial charge is 0.130 e. The number of hydrogen-bond donors (Lipinski definition) is 1. The van der Waals surface area contributed by atoms with Crippen molar-refractivity contribution in [1.82, 2.24) is 9.55 Å². The number of aryl methyl sites for hydroxylation is 1. The van der Waals surface area contributed by atoms with Gasteiger partial charge in [-0.05, 0) is 18.2 Å². The van der Waals surface area contributed by atoms with Gasteiger partial charge >= 0.3 is 0 Å². The quantitative estimate of drug-likeness (QED) is 0.889. The van der Waals surface area contributed by atoms with Crippen molar-refractivity contribution in [2.24, 2.45) is 12.8 Å². The summed E-state index contributed by atoms with van der Waals surface area (Å²) < 4.78 is 12.4. The minimum Gasteiger partial charge on any atom is -0.497 e. The van der Waals surface area contributed by atoms with Crippen molar-refractivity contribution in [3.05, 3.63) is 42.0 Å². The van der Waals surface area contributed by atoms with Crippen molar-refractivity contribution in [1.29, 1.82) is 0 Å². The van der Waals surface area contributed by atoms with E-state index in [2.05, 4.69) is 4.98 Å². The molecule has 5 heteroatoms. The van der Waals surface area contributed by atoms with E-state index in [0.717, 1.165) is 22.9 Å². The van der Waals surface area contributed by atoms with Gasteiger partial charge in [-0.15, -0.1) is 0 Å². The molecule has 0 radical (unpaired) electrons.